The number of thioether (sulfide) groups is 1. The number of carbonyl (C=O) groups is 4. The van der Waals surface area contributed by atoms with Gasteiger partial charge in [-0.05, 0) is 36.6 Å². The Morgan fingerprint density at radius 1 is 0.943 bits per heavy atom. The first-order chi connectivity index (χ1) is 25.2. The Bertz CT molecular complexity index is 1810. The van der Waals surface area contributed by atoms with Crippen molar-refractivity contribution in [3.63, 3.8) is 0 Å². The molecule has 2 aliphatic heterocycles. The van der Waals surface area contributed by atoms with Crippen LogP contribution in [0, 0.1) is 0 Å². The van der Waals surface area contributed by atoms with Gasteiger partial charge in [0.25, 0.3) is 0 Å². The highest BCUT2D eigenvalue weighted by Gasteiger charge is 2.42. The monoisotopic (exact) mass is 774 g/mol. The number of benzene rings is 3. The predicted molar refractivity (Wildman–Crippen MR) is 212 cm³/mol. The smallest absolute Gasteiger partial charge is 0.340 e. The van der Waals surface area contributed by atoms with E-state index in [2.05, 4.69) is 40.1 Å². The van der Waals surface area contributed by atoms with Crippen molar-refractivity contribution in [2.75, 3.05) is 12.4 Å². The maximum Gasteiger partial charge on any atom is 0.340 e. The van der Waals surface area contributed by atoms with E-state index in [0.29, 0.717) is 17.5 Å². The average molecular weight is 775 g/mol. The Hall–Kier alpha value is -4.57. The van der Waals surface area contributed by atoms with Crippen molar-refractivity contribution in [3.05, 3.63) is 119 Å². The number of nitrogens with two attached hydrogens (primary N) is 1. The molecular formula is C38H46N6O6S2Si. The van der Waals surface area contributed by atoms with E-state index in [-0.39, 0.29) is 18.1 Å². The fraction of sp³-hybridized carbons (Fsp3) is 0.342. The molecule has 0 aromatic heterocycles. The molecule has 3 aromatic rings. The topological polar surface area (TPSA) is 174 Å². The molecule has 0 spiro atoms. The van der Waals surface area contributed by atoms with Gasteiger partial charge >= 0.3 is 5.97 Å². The number of esters is 1. The minimum Gasteiger partial charge on any atom is -0.464 e. The molecule has 0 aliphatic carbocycles. The van der Waals surface area contributed by atoms with E-state index in [9.17, 15) is 19.2 Å². The van der Waals surface area contributed by atoms with E-state index in [4.69, 9.17) is 20.3 Å². The standard InChI is InChI=1S/C38H46N6O6S2Si/c1-37(2,35(48)49-21-22-53(3,4)5)50-44-52-25-29(23-31(46)41-32-33(47)42-34(32)51-24-30(39)45)40-36(52)43-38(26-15-9-6-10-16-26,27-17-11-7-12-18-27)28-19-13-8-14-20-28/h6-20,25,32,34H,21-24H2,1-5H3,(H2,39,45)(H,40,43)(H,41,46)(H,42,47)/t32-,34-,52?/m1/s1. The highest BCUT2D eigenvalue weighted by Crippen LogP contribution is 2.38. The summed E-state index contributed by atoms with van der Waals surface area (Å²) in [7, 11) is -2.65. The number of rotatable bonds is 16. The SMILES string of the molecule is CC(C)(ON=S1C=C(CC(=O)N[C@@H]2C(=O)N[C@@H]2SCC(N)=O)N=C1NC(c1ccccc1)(c1ccccc1)c1ccccc1)C(=O)OCC[Si](C)(C)C. The average Bonchev–Trinajstić information content (AvgIpc) is 3.51. The van der Waals surface area contributed by atoms with Gasteiger partial charge in [-0.3, -0.25) is 14.4 Å². The summed E-state index contributed by atoms with van der Waals surface area (Å²) in [5.74, 6) is -1.85. The van der Waals surface area contributed by atoms with Gasteiger partial charge in [-0.1, -0.05) is 115 Å². The van der Waals surface area contributed by atoms with Crippen LogP contribution >= 0.6 is 11.8 Å². The zero-order chi connectivity index (χ0) is 38.2. The van der Waals surface area contributed by atoms with Gasteiger partial charge < -0.3 is 26.4 Å². The van der Waals surface area contributed by atoms with Gasteiger partial charge in [-0.2, -0.15) is 0 Å². The normalized spacial score (nSPS) is 18.7. The van der Waals surface area contributed by atoms with Crippen molar-refractivity contribution in [2.45, 2.75) is 68.5 Å². The highest BCUT2D eigenvalue weighted by molar-refractivity contribution is 8.05. The lowest BCUT2D eigenvalue weighted by Crippen LogP contribution is -2.67. The van der Waals surface area contributed by atoms with Crippen molar-refractivity contribution in [1.82, 2.24) is 16.0 Å². The van der Waals surface area contributed by atoms with Crippen LogP contribution in [0.1, 0.15) is 37.0 Å². The molecule has 1 fully saturated rings. The van der Waals surface area contributed by atoms with Crippen LogP contribution in [0.4, 0.5) is 0 Å². The van der Waals surface area contributed by atoms with Crippen LogP contribution in [0.15, 0.2) is 112 Å². The van der Waals surface area contributed by atoms with Gasteiger partial charge in [0.1, 0.15) is 17.0 Å². The van der Waals surface area contributed by atoms with Crippen LogP contribution < -0.4 is 21.7 Å². The fourth-order valence-corrected chi connectivity index (χ4v) is 8.53. The summed E-state index contributed by atoms with van der Waals surface area (Å²) in [4.78, 5) is 60.9. The molecule has 3 aromatic carbocycles. The molecule has 2 heterocycles. The maximum atomic E-state index is 13.3. The van der Waals surface area contributed by atoms with Crippen molar-refractivity contribution in [2.24, 2.45) is 15.3 Å². The summed E-state index contributed by atoms with van der Waals surface area (Å²) in [5.41, 5.74) is 6.07. The van der Waals surface area contributed by atoms with E-state index in [1.165, 1.54) is 0 Å². The second-order valence-corrected chi connectivity index (χ2v) is 22.5. The first kappa shape index (κ1) is 39.6. The quantitative estimate of drug-likeness (QED) is 0.0532. The molecular weight excluding hydrogens is 729 g/mol. The van der Waals surface area contributed by atoms with Crippen LogP contribution in [0.3, 0.4) is 0 Å². The highest BCUT2D eigenvalue weighted by atomic mass is 32.2. The molecule has 5 N–H and O–H groups in total. The number of nitrogens with zero attached hydrogens (tertiary/aromatic N) is 2. The largest absolute Gasteiger partial charge is 0.464 e. The number of primary amides is 1. The summed E-state index contributed by atoms with van der Waals surface area (Å²) in [5, 5.41) is 10.8. The summed E-state index contributed by atoms with van der Waals surface area (Å²) < 4.78 is 10.1. The molecule has 5 rings (SSSR count). The summed E-state index contributed by atoms with van der Waals surface area (Å²) in [6.07, 6.45) is -0.168. The molecule has 12 nitrogen and oxygen atoms in total. The summed E-state index contributed by atoms with van der Waals surface area (Å²) >= 11 is 1.15. The molecule has 3 atom stereocenters. The zero-order valence-corrected chi connectivity index (χ0v) is 33.1. The van der Waals surface area contributed by atoms with Gasteiger partial charge in [0.15, 0.2) is 10.8 Å². The molecule has 1 unspecified atom stereocenters. The minimum absolute atomic E-state index is 0.000296. The lowest BCUT2D eigenvalue weighted by Gasteiger charge is -2.37. The first-order valence-corrected chi connectivity index (χ1v) is 23.2. The number of hydrogen-bond acceptors (Lipinski definition) is 10. The Balaban J connectivity index is 1.49. The number of hydrogen-bond donors (Lipinski definition) is 4. The minimum atomic E-state index is -1.43. The van der Waals surface area contributed by atoms with Crippen molar-refractivity contribution >= 4 is 59.4 Å². The lowest BCUT2D eigenvalue weighted by atomic mass is 9.77. The number of carbonyl (C=O) groups excluding carboxylic acids is 4. The van der Waals surface area contributed by atoms with Crippen molar-refractivity contribution < 1.29 is 28.8 Å². The molecule has 280 valence electrons. The Labute approximate surface area is 317 Å². The number of amides is 3. The number of aliphatic imine (C=N–C) groups is 1. The number of β-lactam (4-membered cyclic amide) rings is 1. The fourth-order valence-electron chi connectivity index (χ4n) is 5.54. The van der Waals surface area contributed by atoms with E-state index in [1.807, 2.05) is 91.0 Å². The van der Waals surface area contributed by atoms with E-state index >= 15 is 0 Å². The van der Waals surface area contributed by atoms with E-state index < -0.39 is 59.1 Å². The maximum absolute atomic E-state index is 13.3. The Morgan fingerprint density at radius 2 is 1.49 bits per heavy atom. The van der Waals surface area contributed by atoms with Gasteiger partial charge in [0.2, 0.25) is 17.7 Å². The van der Waals surface area contributed by atoms with Crippen molar-refractivity contribution in [1.29, 1.82) is 0 Å². The second-order valence-electron chi connectivity index (χ2n) is 14.4. The van der Waals surface area contributed by atoms with Crippen molar-refractivity contribution in [3.8, 4) is 0 Å². The van der Waals surface area contributed by atoms with Crippen LogP contribution in [-0.4, -0.2) is 66.3 Å². The molecule has 53 heavy (non-hydrogen) atoms. The Kier molecular flexibility index (Phi) is 12.8. The van der Waals surface area contributed by atoms with Crippen LogP contribution in [0.5, 0.6) is 0 Å². The van der Waals surface area contributed by atoms with Crippen LogP contribution in [-0.2, 0) is 45.0 Å². The molecule has 3 amide bonds. The number of nitrogens with one attached hydrogen (secondary N) is 3. The van der Waals surface area contributed by atoms with Gasteiger partial charge in [0.05, 0.1) is 24.5 Å². The van der Waals surface area contributed by atoms with Gasteiger partial charge in [-0.25, -0.2) is 14.6 Å². The second kappa shape index (κ2) is 17.1. The third kappa shape index (κ3) is 10.1. The third-order valence-corrected chi connectivity index (χ3v) is 12.7. The number of ether oxygens (including phenoxy) is 1. The number of amidine groups is 1. The first-order valence-electron chi connectivity index (χ1n) is 17.2. The summed E-state index contributed by atoms with van der Waals surface area (Å²) in [6.45, 7) is 10.1. The third-order valence-electron chi connectivity index (χ3n) is 8.46. The van der Waals surface area contributed by atoms with Gasteiger partial charge in [-0.15, -0.1) is 11.8 Å². The van der Waals surface area contributed by atoms with Crippen LogP contribution in [0.25, 0.3) is 0 Å². The molecule has 15 heteroatoms. The molecule has 1 saturated heterocycles. The van der Waals surface area contributed by atoms with E-state index in [0.717, 1.165) is 34.5 Å². The van der Waals surface area contributed by atoms with Crippen LogP contribution in [0.2, 0.25) is 25.7 Å². The lowest BCUT2D eigenvalue weighted by molar-refractivity contribution is -0.167. The molecule has 0 radical (unpaired) electrons. The van der Waals surface area contributed by atoms with E-state index in [1.54, 1.807) is 19.3 Å². The molecule has 0 bridgehead atoms. The summed E-state index contributed by atoms with van der Waals surface area (Å²) in [6, 6.07) is 29.9. The zero-order valence-electron chi connectivity index (χ0n) is 30.5. The Morgan fingerprint density at radius 3 is 1.98 bits per heavy atom. The van der Waals surface area contributed by atoms with Gasteiger partial charge in [0, 0.05) is 24.2 Å². The molecule has 2 aliphatic rings. The predicted octanol–water partition coefficient (Wildman–Crippen LogP) is 4.72. The molecule has 0 saturated carbocycles.